The van der Waals surface area contributed by atoms with Crippen molar-refractivity contribution in [2.75, 3.05) is 20.8 Å². The Labute approximate surface area is 130 Å². The summed E-state index contributed by atoms with van der Waals surface area (Å²) in [5.41, 5.74) is 0.944. The second-order valence-electron chi connectivity index (χ2n) is 4.74. The fourth-order valence-corrected chi connectivity index (χ4v) is 2.12. The highest BCUT2D eigenvalue weighted by molar-refractivity contribution is 5.75. The molecule has 0 N–H and O–H groups in total. The highest BCUT2D eigenvalue weighted by Crippen LogP contribution is 2.22. The lowest BCUT2D eigenvalue weighted by molar-refractivity contribution is -0.143. The van der Waals surface area contributed by atoms with Gasteiger partial charge in [0.05, 0.1) is 26.3 Å². The smallest absolute Gasteiger partial charge is 0.409 e. The zero-order chi connectivity index (χ0) is 16.5. The quantitative estimate of drug-likeness (QED) is 0.754. The van der Waals surface area contributed by atoms with E-state index in [2.05, 4.69) is 4.74 Å². The molecule has 0 bridgehead atoms. The molecule has 0 spiro atoms. The van der Waals surface area contributed by atoms with Crippen LogP contribution in [0.4, 0.5) is 4.79 Å². The van der Waals surface area contributed by atoms with Crippen molar-refractivity contribution in [3.05, 3.63) is 35.9 Å². The van der Waals surface area contributed by atoms with Crippen LogP contribution in [0.1, 0.15) is 24.9 Å². The Morgan fingerprint density at radius 1 is 1.23 bits per heavy atom. The second kappa shape index (κ2) is 8.67. The number of methoxy groups -OCH3 is 2. The largest absolute Gasteiger partial charge is 0.468 e. The minimum Gasteiger partial charge on any atom is -0.468 e. The van der Waals surface area contributed by atoms with Gasteiger partial charge in [0.15, 0.2) is 0 Å². The van der Waals surface area contributed by atoms with Crippen molar-refractivity contribution in [1.29, 1.82) is 5.26 Å². The van der Waals surface area contributed by atoms with Crippen LogP contribution in [0.15, 0.2) is 30.3 Å². The summed E-state index contributed by atoms with van der Waals surface area (Å²) >= 11 is 0. The predicted octanol–water partition coefficient (Wildman–Crippen LogP) is 2.52. The van der Waals surface area contributed by atoms with E-state index in [0.717, 1.165) is 5.56 Å². The minimum absolute atomic E-state index is 0.190. The van der Waals surface area contributed by atoms with Gasteiger partial charge in [-0.1, -0.05) is 30.3 Å². The fraction of sp³-hybridized carbons (Fsp3) is 0.438. The standard InChI is InChI=1S/C16H20N2O4/c1-12(13-7-5-4-6-8-13)18(16(20)22-3)10-9-14(11-17)15(19)21-2/h4-8,12,14H,9-10H2,1-3H3/t12-,14-/m1/s1. The molecule has 0 heterocycles. The van der Waals surface area contributed by atoms with Gasteiger partial charge in [-0.05, 0) is 18.9 Å². The van der Waals surface area contributed by atoms with Crippen LogP contribution in [-0.4, -0.2) is 37.7 Å². The maximum atomic E-state index is 12.0. The van der Waals surface area contributed by atoms with Gasteiger partial charge >= 0.3 is 12.1 Å². The topological polar surface area (TPSA) is 79.6 Å². The summed E-state index contributed by atoms with van der Waals surface area (Å²) in [5.74, 6) is -1.50. The number of esters is 1. The van der Waals surface area contributed by atoms with Crippen LogP contribution in [0, 0.1) is 17.2 Å². The van der Waals surface area contributed by atoms with Gasteiger partial charge in [0, 0.05) is 6.54 Å². The minimum atomic E-state index is -0.903. The maximum absolute atomic E-state index is 12.0. The summed E-state index contributed by atoms with van der Waals surface area (Å²) in [7, 11) is 2.53. The molecule has 0 fully saturated rings. The number of nitrogens with zero attached hydrogens (tertiary/aromatic N) is 2. The van der Waals surface area contributed by atoms with Crippen LogP contribution in [0.5, 0.6) is 0 Å². The molecule has 22 heavy (non-hydrogen) atoms. The average Bonchev–Trinajstić information content (AvgIpc) is 2.57. The lowest BCUT2D eigenvalue weighted by atomic mass is 10.0. The Balaban J connectivity index is 2.84. The van der Waals surface area contributed by atoms with Crippen LogP contribution in [0.25, 0.3) is 0 Å². The summed E-state index contributed by atoms with van der Waals surface area (Å²) < 4.78 is 9.37. The molecule has 2 atom stereocenters. The van der Waals surface area contributed by atoms with Crippen LogP contribution < -0.4 is 0 Å². The molecule has 118 valence electrons. The number of nitriles is 1. The second-order valence-corrected chi connectivity index (χ2v) is 4.74. The van der Waals surface area contributed by atoms with Gasteiger partial charge in [-0.25, -0.2) is 4.79 Å². The molecule has 0 aliphatic carbocycles. The molecule has 1 aromatic carbocycles. The van der Waals surface area contributed by atoms with E-state index in [4.69, 9.17) is 10.00 Å². The number of ether oxygens (including phenoxy) is 2. The van der Waals surface area contributed by atoms with Gasteiger partial charge in [0.2, 0.25) is 0 Å². The molecular weight excluding hydrogens is 284 g/mol. The molecule has 0 radical (unpaired) electrons. The van der Waals surface area contributed by atoms with Crippen LogP contribution in [0.3, 0.4) is 0 Å². The van der Waals surface area contributed by atoms with Gasteiger partial charge in [0.1, 0.15) is 5.92 Å². The third-order valence-corrected chi connectivity index (χ3v) is 3.46. The van der Waals surface area contributed by atoms with Crippen LogP contribution in [-0.2, 0) is 14.3 Å². The van der Waals surface area contributed by atoms with Crippen LogP contribution in [0.2, 0.25) is 0 Å². The number of benzene rings is 1. The molecular formula is C16H20N2O4. The number of amides is 1. The van der Waals surface area contributed by atoms with Crippen molar-refractivity contribution in [2.45, 2.75) is 19.4 Å². The molecule has 1 aromatic rings. The van der Waals surface area contributed by atoms with Gasteiger partial charge in [-0.3, -0.25) is 4.79 Å². The number of hydrogen-bond donors (Lipinski definition) is 0. The summed E-state index contributed by atoms with van der Waals surface area (Å²) in [4.78, 5) is 24.9. The van der Waals surface area contributed by atoms with E-state index in [1.54, 1.807) is 0 Å². The third-order valence-electron chi connectivity index (χ3n) is 3.46. The van der Waals surface area contributed by atoms with Crippen molar-refractivity contribution in [1.82, 2.24) is 4.90 Å². The number of rotatable bonds is 6. The predicted molar refractivity (Wildman–Crippen MR) is 79.7 cm³/mol. The van der Waals surface area contributed by atoms with Crippen molar-refractivity contribution in [2.24, 2.45) is 5.92 Å². The molecule has 0 aromatic heterocycles. The van der Waals surface area contributed by atoms with Gasteiger partial charge in [-0.2, -0.15) is 5.26 Å². The number of carbonyl (C=O) groups excluding carboxylic acids is 2. The number of hydrogen-bond acceptors (Lipinski definition) is 5. The molecule has 0 aliphatic rings. The first-order chi connectivity index (χ1) is 10.5. The molecule has 0 saturated carbocycles. The Morgan fingerprint density at radius 3 is 2.36 bits per heavy atom. The molecule has 1 amide bonds. The lowest BCUT2D eigenvalue weighted by Crippen LogP contribution is -2.36. The van der Waals surface area contributed by atoms with Gasteiger partial charge in [0.25, 0.3) is 0 Å². The summed E-state index contributed by atoms with van der Waals surface area (Å²) in [6.45, 7) is 2.09. The highest BCUT2D eigenvalue weighted by atomic mass is 16.5. The van der Waals surface area contributed by atoms with E-state index in [0.29, 0.717) is 0 Å². The SMILES string of the molecule is COC(=O)[C@@H](C#N)CCN(C(=O)OC)[C@H](C)c1ccccc1. The molecule has 0 unspecified atom stereocenters. The van der Waals surface area contributed by atoms with E-state index in [1.165, 1.54) is 19.1 Å². The Kier molecular flexibility index (Phi) is 6.90. The lowest BCUT2D eigenvalue weighted by Gasteiger charge is -2.28. The first-order valence-corrected chi connectivity index (χ1v) is 6.92. The van der Waals surface area contributed by atoms with E-state index < -0.39 is 18.0 Å². The normalized spacial score (nSPS) is 12.6. The monoisotopic (exact) mass is 304 g/mol. The van der Waals surface area contributed by atoms with Crippen molar-refractivity contribution >= 4 is 12.1 Å². The van der Waals surface area contributed by atoms with Gasteiger partial charge < -0.3 is 14.4 Å². The summed E-state index contributed by atoms with van der Waals surface area (Å²) in [5, 5.41) is 9.01. The van der Waals surface area contributed by atoms with Crippen molar-refractivity contribution in [3.8, 4) is 6.07 Å². The maximum Gasteiger partial charge on any atom is 0.409 e. The molecule has 6 heteroatoms. The molecule has 0 saturated heterocycles. The van der Waals surface area contributed by atoms with E-state index in [9.17, 15) is 9.59 Å². The van der Waals surface area contributed by atoms with Crippen LogP contribution >= 0.6 is 0 Å². The van der Waals surface area contributed by atoms with E-state index in [1.807, 2.05) is 43.3 Å². The first kappa shape index (κ1) is 17.5. The first-order valence-electron chi connectivity index (χ1n) is 6.92. The molecule has 1 rings (SSSR count). The Morgan fingerprint density at radius 2 is 1.86 bits per heavy atom. The van der Waals surface area contributed by atoms with E-state index >= 15 is 0 Å². The van der Waals surface area contributed by atoms with Crippen molar-refractivity contribution in [3.63, 3.8) is 0 Å². The Hall–Kier alpha value is -2.55. The molecule has 6 nitrogen and oxygen atoms in total. The van der Waals surface area contributed by atoms with Gasteiger partial charge in [-0.15, -0.1) is 0 Å². The molecule has 0 aliphatic heterocycles. The summed E-state index contributed by atoms with van der Waals surface area (Å²) in [6.07, 6.45) is -0.312. The third kappa shape index (κ3) is 4.48. The van der Waals surface area contributed by atoms with Crippen molar-refractivity contribution < 1.29 is 19.1 Å². The average molecular weight is 304 g/mol. The fourth-order valence-electron chi connectivity index (χ4n) is 2.12. The zero-order valence-corrected chi connectivity index (χ0v) is 13.0. The Bertz CT molecular complexity index is 539. The highest BCUT2D eigenvalue weighted by Gasteiger charge is 2.25. The number of carbonyl (C=O) groups is 2. The summed E-state index contributed by atoms with van der Waals surface area (Å²) in [6, 6.07) is 11.1. The van der Waals surface area contributed by atoms with E-state index in [-0.39, 0.29) is 19.0 Å². The zero-order valence-electron chi connectivity index (χ0n) is 13.0.